The van der Waals surface area contributed by atoms with Gasteiger partial charge in [0.1, 0.15) is 0 Å². The molecule has 0 bridgehead atoms. The molecule has 0 aliphatic rings. The van der Waals surface area contributed by atoms with E-state index >= 15 is 0 Å². The Balaban J connectivity index is 2.94. The van der Waals surface area contributed by atoms with Crippen molar-refractivity contribution in [3.63, 3.8) is 0 Å². The summed E-state index contributed by atoms with van der Waals surface area (Å²) in [6.07, 6.45) is 0. The molecule has 4 heteroatoms. The van der Waals surface area contributed by atoms with E-state index in [1.807, 2.05) is 0 Å². The molecule has 1 aromatic carbocycles. The second-order valence-electron chi connectivity index (χ2n) is 2.23. The molecule has 4 nitrogen and oxygen atoms in total. The summed E-state index contributed by atoms with van der Waals surface area (Å²) >= 11 is 0. The Morgan fingerprint density at radius 2 is 2.00 bits per heavy atom. The third kappa shape index (κ3) is 1.58. The zero-order valence-corrected chi connectivity index (χ0v) is 6.61. The van der Waals surface area contributed by atoms with Gasteiger partial charge in [-0.05, 0) is 12.1 Å². The summed E-state index contributed by atoms with van der Waals surface area (Å²) in [4.78, 5) is 14.0. The fourth-order valence-corrected chi connectivity index (χ4v) is 0.824. The van der Waals surface area contributed by atoms with E-state index in [9.17, 15) is 4.79 Å². The lowest BCUT2D eigenvalue weighted by Gasteiger charge is -1.95. The Hall–Kier alpha value is -1.89. The van der Waals surface area contributed by atoms with Gasteiger partial charge in [-0.25, -0.2) is 0 Å². The fourth-order valence-electron chi connectivity index (χ4n) is 0.824. The van der Waals surface area contributed by atoms with E-state index in [2.05, 4.69) is 10.3 Å². The van der Waals surface area contributed by atoms with Crippen LogP contribution in [0.3, 0.4) is 0 Å². The number of nitrogens with zero attached hydrogens (tertiary/aromatic N) is 2. The largest absolute Gasteiger partial charge is 0.385 e. The molecule has 0 unspecified atom stereocenters. The molecule has 0 aromatic heterocycles. The topological polar surface area (TPSA) is 57.2 Å². The molecular weight excluding hydrogens is 154 g/mol. The molecule has 1 rings (SSSR count). The van der Waals surface area contributed by atoms with E-state index in [1.54, 1.807) is 31.3 Å². The van der Waals surface area contributed by atoms with Crippen LogP contribution in [-0.4, -0.2) is 13.0 Å². The third-order valence-corrected chi connectivity index (χ3v) is 1.47. The first-order valence-corrected chi connectivity index (χ1v) is 3.45. The first kappa shape index (κ1) is 8.21. The van der Waals surface area contributed by atoms with Crippen LogP contribution in [0.25, 0.3) is 4.98 Å². The fraction of sp³-hybridized carbons (Fsp3) is 0.125. The molecule has 60 valence electrons. The molecule has 12 heavy (non-hydrogen) atoms. The lowest BCUT2D eigenvalue weighted by molar-refractivity contribution is 0.0963. The monoisotopic (exact) mass is 162 g/mol. The van der Waals surface area contributed by atoms with Gasteiger partial charge < -0.3 is 5.32 Å². The summed E-state index contributed by atoms with van der Waals surface area (Å²) in [5, 5.41) is 10.8. The number of carbonyl (C=O) groups excluding carboxylic acids is 1. The SMILES string of the molecule is CNC(=O)c1ccc([N+]#N)cc1. The van der Waals surface area contributed by atoms with Crippen LogP contribution in [0.2, 0.25) is 0 Å². The minimum absolute atomic E-state index is 0.153. The highest BCUT2D eigenvalue weighted by Crippen LogP contribution is 2.11. The Morgan fingerprint density at radius 1 is 1.42 bits per heavy atom. The smallest absolute Gasteiger partial charge is 0.355 e. The quantitative estimate of drug-likeness (QED) is 0.636. The van der Waals surface area contributed by atoms with Gasteiger partial charge in [0.05, 0.1) is 0 Å². The van der Waals surface area contributed by atoms with Gasteiger partial charge in [-0.3, -0.25) is 4.79 Å². The molecule has 0 aliphatic carbocycles. The molecule has 0 atom stereocenters. The average Bonchev–Trinajstić information content (AvgIpc) is 2.17. The summed E-state index contributed by atoms with van der Waals surface area (Å²) in [5.41, 5.74) is 0.979. The van der Waals surface area contributed by atoms with Crippen LogP contribution in [-0.2, 0) is 0 Å². The highest BCUT2D eigenvalue weighted by atomic mass is 16.1. The van der Waals surface area contributed by atoms with Crippen molar-refractivity contribution in [1.82, 2.24) is 5.32 Å². The number of benzene rings is 1. The summed E-state index contributed by atoms with van der Waals surface area (Å²) < 4.78 is 0. The van der Waals surface area contributed by atoms with Crippen LogP contribution in [0, 0.1) is 5.39 Å². The van der Waals surface area contributed by atoms with E-state index in [-0.39, 0.29) is 5.91 Å². The number of diazo groups is 1. The van der Waals surface area contributed by atoms with E-state index in [1.165, 1.54) is 0 Å². The Morgan fingerprint density at radius 3 is 2.42 bits per heavy atom. The molecule has 1 amide bonds. The summed E-state index contributed by atoms with van der Waals surface area (Å²) in [6.45, 7) is 0. The predicted octanol–water partition coefficient (Wildman–Crippen LogP) is 1.53. The molecule has 0 aliphatic heterocycles. The standard InChI is InChI=1S/C8H7N3O/c1-10-8(12)6-2-4-7(11-9)5-3-6/h2-5H,1H3/p+1. The molecular formula is C8H8N3O+. The second kappa shape index (κ2) is 3.49. The Labute approximate surface area is 69.8 Å². The molecule has 1 N–H and O–H groups in total. The van der Waals surface area contributed by atoms with Crippen LogP contribution in [0.5, 0.6) is 0 Å². The van der Waals surface area contributed by atoms with E-state index in [4.69, 9.17) is 5.39 Å². The highest BCUT2D eigenvalue weighted by molar-refractivity contribution is 5.94. The van der Waals surface area contributed by atoms with Crippen molar-refractivity contribution in [2.24, 2.45) is 0 Å². The van der Waals surface area contributed by atoms with E-state index in [0.29, 0.717) is 11.3 Å². The molecule has 0 radical (unpaired) electrons. The van der Waals surface area contributed by atoms with Gasteiger partial charge >= 0.3 is 5.69 Å². The van der Waals surface area contributed by atoms with Gasteiger partial charge in [-0.2, -0.15) is 0 Å². The number of carbonyl (C=O) groups is 1. The van der Waals surface area contributed by atoms with Crippen LogP contribution in [0.1, 0.15) is 10.4 Å². The lowest BCUT2D eigenvalue weighted by atomic mass is 10.2. The molecule has 0 saturated heterocycles. The first-order valence-electron chi connectivity index (χ1n) is 3.45. The lowest BCUT2D eigenvalue weighted by Crippen LogP contribution is -2.17. The normalized spacial score (nSPS) is 8.67. The third-order valence-electron chi connectivity index (χ3n) is 1.47. The maximum atomic E-state index is 11.0. The minimum Gasteiger partial charge on any atom is -0.355 e. The molecule has 1 aromatic rings. The number of nitrogens with one attached hydrogen (secondary N) is 1. The van der Waals surface area contributed by atoms with E-state index < -0.39 is 0 Å². The van der Waals surface area contributed by atoms with Gasteiger partial charge in [0.15, 0.2) is 4.98 Å². The van der Waals surface area contributed by atoms with Crippen molar-refractivity contribution in [2.75, 3.05) is 7.05 Å². The van der Waals surface area contributed by atoms with E-state index in [0.717, 1.165) is 0 Å². The maximum absolute atomic E-state index is 11.0. The Kier molecular flexibility index (Phi) is 2.38. The highest BCUT2D eigenvalue weighted by Gasteiger charge is 2.06. The summed E-state index contributed by atoms with van der Waals surface area (Å²) in [7, 11) is 1.56. The Bertz CT molecular complexity index is 323. The minimum atomic E-state index is -0.153. The molecule has 0 heterocycles. The van der Waals surface area contributed by atoms with Crippen molar-refractivity contribution in [2.45, 2.75) is 0 Å². The second-order valence-corrected chi connectivity index (χ2v) is 2.23. The predicted molar refractivity (Wildman–Crippen MR) is 44.6 cm³/mol. The number of rotatable bonds is 1. The van der Waals surface area contributed by atoms with Crippen LogP contribution < -0.4 is 5.32 Å². The van der Waals surface area contributed by atoms with Crippen molar-refractivity contribution < 1.29 is 4.79 Å². The van der Waals surface area contributed by atoms with Crippen molar-refractivity contribution in [1.29, 1.82) is 5.39 Å². The number of amides is 1. The first-order chi connectivity index (χ1) is 5.77. The zero-order valence-electron chi connectivity index (χ0n) is 6.61. The van der Waals surface area contributed by atoms with Gasteiger partial charge in [0.25, 0.3) is 5.91 Å². The molecule has 0 fully saturated rings. The maximum Gasteiger partial charge on any atom is 0.385 e. The van der Waals surface area contributed by atoms with Gasteiger partial charge in [-0.1, -0.05) is 0 Å². The van der Waals surface area contributed by atoms with Gasteiger partial charge in [0.2, 0.25) is 5.39 Å². The number of hydrogen-bond acceptors (Lipinski definition) is 2. The molecule has 0 spiro atoms. The van der Waals surface area contributed by atoms with Crippen LogP contribution >= 0.6 is 0 Å². The summed E-state index contributed by atoms with van der Waals surface area (Å²) in [6, 6.07) is 6.30. The zero-order chi connectivity index (χ0) is 8.97. The molecule has 0 saturated carbocycles. The van der Waals surface area contributed by atoms with Crippen molar-refractivity contribution in [3.05, 3.63) is 34.8 Å². The van der Waals surface area contributed by atoms with Crippen LogP contribution in [0.15, 0.2) is 24.3 Å². The van der Waals surface area contributed by atoms with Crippen molar-refractivity contribution >= 4 is 11.6 Å². The van der Waals surface area contributed by atoms with Crippen molar-refractivity contribution in [3.8, 4) is 0 Å². The van der Waals surface area contributed by atoms with Gasteiger partial charge in [0, 0.05) is 24.7 Å². The van der Waals surface area contributed by atoms with Gasteiger partial charge in [-0.15, -0.1) is 0 Å². The summed E-state index contributed by atoms with van der Waals surface area (Å²) in [5.74, 6) is -0.153. The average molecular weight is 162 g/mol. The van der Waals surface area contributed by atoms with Crippen LogP contribution in [0.4, 0.5) is 5.69 Å². The number of hydrogen-bond donors (Lipinski definition) is 1.